The summed E-state index contributed by atoms with van der Waals surface area (Å²) in [7, 11) is 0.0141. The average molecular weight is 263 g/mol. The molecule has 1 fully saturated rings. The summed E-state index contributed by atoms with van der Waals surface area (Å²) in [5.74, 6) is -0.138. The second-order valence-corrected chi connectivity index (χ2v) is 6.79. The molecule has 0 radical (unpaired) electrons. The third kappa shape index (κ3) is 2.78. The molecule has 100 valence electrons. The fourth-order valence-electron chi connectivity index (χ4n) is 2.02. The van der Waals surface area contributed by atoms with E-state index in [2.05, 4.69) is 5.32 Å². The van der Waals surface area contributed by atoms with Gasteiger partial charge in [-0.2, -0.15) is 4.31 Å². The summed E-state index contributed by atoms with van der Waals surface area (Å²) in [5, 5.41) is 2.81. The number of hydrogen-bond acceptors (Lipinski definition) is 4. The van der Waals surface area contributed by atoms with E-state index in [1.165, 1.54) is 4.31 Å². The van der Waals surface area contributed by atoms with Crippen molar-refractivity contribution in [3.8, 4) is 0 Å². The molecular formula is C10H21N3O3S. The van der Waals surface area contributed by atoms with Gasteiger partial charge in [0.2, 0.25) is 15.9 Å². The minimum Gasteiger partial charge on any atom is -0.343 e. The molecule has 0 aromatic heterocycles. The Kier molecular flexibility index (Phi) is 4.16. The maximum atomic E-state index is 12.1. The lowest BCUT2D eigenvalue weighted by Crippen LogP contribution is -2.64. The molecule has 1 aliphatic rings. The van der Waals surface area contributed by atoms with Gasteiger partial charge < -0.3 is 10.2 Å². The van der Waals surface area contributed by atoms with Gasteiger partial charge in [-0.25, -0.2) is 8.42 Å². The Balaban J connectivity index is 2.94. The number of rotatable bonds is 4. The maximum Gasteiger partial charge on any atom is 0.243 e. The zero-order valence-electron chi connectivity index (χ0n) is 10.9. The number of nitrogens with one attached hydrogen (secondary N) is 1. The molecule has 0 aromatic carbocycles. The number of carbonyl (C=O) groups is 1. The SMILES string of the molecule is CNCCS(=O)(=O)N1CCN(C)C(=O)C1(C)C. The molecule has 0 spiro atoms. The molecule has 7 heteroatoms. The quantitative estimate of drug-likeness (QED) is 0.713. The normalized spacial score (nSPS) is 21.9. The lowest BCUT2D eigenvalue weighted by Gasteiger charge is -2.43. The van der Waals surface area contributed by atoms with Crippen molar-refractivity contribution in [2.45, 2.75) is 19.4 Å². The molecule has 1 saturated heterocycles. The van der Waals surface area contributed by atoms with E-state index in [1.54, 1.807) is 32.8 Å². The summed E-state index contributed by atoms with van der Waals surface area (Å²) < 4.78 is 25.6. The summed E-state index contributed by atoms with van der Waals surface area (Å²) in [5.41, 5.74) is -0.987. The van der Waals surface area contributed by atoms with Gasteiger partial charge in [0, 0.05) is 26.7 Å². The summed E-state index contributed by atoms with van der Waals surface area (Å²) in [6, 6.07) is 0. The van der Waals surface area contributed by atoms with E-state index in [1.807, 2.05) is 0 Å². The van der Waals surface area contributed by atoms with E-state index >= 15 is 0 Å². The lowest BCUT2D eigenvalue weighted by molar-refractivity contribution is -0.142. The van der Waals surface area contributed by atoms with E-state index < -0.39 is 15.6 Å². The number of hydrogen-bond donors (Lipinski definition) is 1. The Morgan fingerprint density at radius 3 is 2.47 bits per heavy atom. The Morgan fingerprint density at radius 1 is 1.35 bits per heavy atom. The highest BCUT2D eigenvalue weighted by atomic mass is 32.2. The molecule has 1 heterocycles. The molecule has 0 aromatic rings. The van der Waals surface area contributed by atoms with E-state index in [0.717, 1.165) is 0 Å². The van der Waals surface area contributed by atoms with E-state index in [9.17, 15) is 13.2 Å². The van der Waals surface area contributed by atoms with Gasteiger partial charge in [0.05, 0.1) is 5.75 Å². The van der Waals surface area contributed by atoms with E-state index in [-0.39, 0.29) is 11.7 Å². The summed E-state index contributed by atoms with van der Waals surface area (Å²) in [6.07, 6.45) is 0. The van der Waals surface area contributed by atoms with Crippen molar-refractivity contribution in [3.63, 3.8) is 0 Å². The predicted octanol–water partition coefficient (Wildman–Crippen LogP) is -0.912. The summed E-state index contributed by atoms with van der Waals surface area (Å²) in [6.45, 7) is 4.51. The maximum absolute atomic E-state index is 12.1. The van der Waals surface area contributed by atoms with Gasteiger partial charge >= 0.3 is 0 Å². The largest absolute Gasteiger partial charge is 0.343 e. The Morgan fingerprint density at radius 2 is 1.94 bits per heavy atom. The number of sulfonamides is 1. The van der Waals surface area contributed by atoms with Gasteiger partial charge in [-0.3, -0.25) is 4.79 Å². The topological polar surface area (TPSA) is 69.7 Å². The number of piperazine rings is 1. The second-order valence-electron chi connectivity index (χ2n) is 4.78. The van der Waals surface area contributed by atoms with Crippen LogP contribution in [0.3, 0.4) is 0 Å². The van der Waals surface area contributed by atoms with Crippen molar-refractivity contribution in [3.05, 3.63) is 0 Å². The summed E-state index contributed by atoms with van der Waals surface area (Å²) >= 11 is 0. The van der Waals surface area contributed by atoms with Gasteiger partial charge in [-0.15, -0.1) is 0 Å². The van der Waals surface area contributed by atoms with Crippen LogP contribution >= 0.6 is 0 Å². The van der Waals surface area contributed by atoms with Crippen molar-refractivity contribution >= 4 is 15.9 Å². The standard InChI is InChI=1S/C10H21N3O3S/c1-10(2)9(14)12(4)6-7-13(10)17(15,16)8-5-11-3/h11H,5-8H2,1-4H3. The first kappa shape index (κ1) is 14.4. The number of amides is 1. The average Bonchev–Trinajstić information content (AvgIpc) is 2.23. The van der Waals surface area contributed by atoms with Gasteiger partial charge in [-0.1, -0.05) is 0 Å². The Labute approximate surface area is 103 Å². The molecular weight excluding hydrogens is 242 g/mol. The molecule has 0 saturated carbocycles. The molecule has 0 unspecified atom stereocenters. The number of nitrogens with zero attached hydrogens (tertiary/aromatic N) is 2. The molecule has 1 amide bonds. The van der Waals surface area contributed by atoms with Crippen molar-refractivity contribution in [2.24, 2.45) is 0 Å². The second kappa shape index (κ2) is 4.91. The molecule has 17 heavy (non-hydrogen) atoms. The van der Waals surface area contributed by atoms with Crippen LogP contribution in [0.2, 0.25) is 0 Å². The molecule has 1 aliphatic heterocycles. The van der Waals surface area contributed by atoms with Crippen molar-refractivity contribution in [1.29, 1.82) is 0 Å². The van der Waals surface area contributed by atoms with Crippen LogP contribution < -0.4 is 5.32 Å². The fourth-order valence-corrected chi connectivity index (χ4v) is 3.84. The van der Waals surface area contributed by atoms with Crippen molar-refractivity contribution < 1.29 is 13.2 Å². The van der Waals surface area contributed by atoms with Crippen molar-refractivity contribution in [1.82, 2.24) is 14.5 Å². The molecule has 0 bridgehead atoms. The van der Waals surface area contributed by atoms with Crippen LogP contribution in [-0.4, -0.2) is 68.6 Å². The first-order chi connectivity index (χ1) is 7.73. The van der Waals surface area contributed by atoms with Crippen LogP contribution in [0.15, 0.2) is 0 Å². The van der Waals surface area contributed by atoms with Crippen LogP contribution in [0.1, 0.15) is 13.8 Å². The Bertz CT molecular complexity index is 392. The fraction of sp³-hybridized carbons (Fsp3) is 0.900. The monoisotopic (exact) mass is 263 g/mol. The lowest BCUT2D eigenvalue weighted by atomic mass is 10.0. The summed E-state index contributed by atoms with van der Waals surface area (Å²) in [4.78, 5) is 13.6. The minimum atomic E-state index is -3.39. The zero-order valence-corrected chi connectivity index (χ0v) is 11.7. The predicted molar refractivity (Wildman–Crippen MR) is 66.1 cm³/mol. The third-order valence-electron chi connectivity index (χ3n) is 3.08. The van der Waals surface area contributed by atoms with Gasteiger partial charge in [0.1, 0.15) is 5.54 Å². The van der Waals surface area contributed by atoms with E-state index in [4.69, 9.17) is 0 Å². The van der Waals surface area contributed by atoms with Crippen molar-refractivity contribution in [2.75, 3.05) is 39.5 Å². The van der Waals surface area contributed by atoms with Gasteiger partial charge in [-0.05, 0) is 20.9 Å². The van der Waals surface area contributed by atoms with Gasteiger partial charge in [0.25, 0.3) is 0 Å². The van der Waals surface area contributed by atoms with E-state index in [0.29, 0.717) is 19.6 Å². The zero-order chi connectivity index (χ0) is 13.3. The number of carbonyl (C=O) groups excluding carboxylic acids is 1. The van der Waals surface area contributed by atoms with Crippen LogP contribution in [-0.2, 0) is 14.8 Å². The minimum absolute atomic E-state index is 0.0178. The highest BCUT2D eigenvalue weighted by Crippen LogP contribution is 2.24. The van der Waals surface area contributed by atoms with Gasteiger partial charge in [0.15, 0.2) is 0 Å². The molecule has 0 atom stereocenters. The number of likely N-dealkylation sites (N-methyl/N-ethyl adjacent to an activating group) is 1. The molecule has 0 aliphatic carbocycles. The molecule has 6 nitrogen and oxygen atoms in total. The van der Waals surface area contributed by atoms with Crippen LogP contribution in [0, 0.1) is 0 Å². The highest BCUT2D eigenvalue weighted by Gasteiger charge is 2.45. The Hall–Kier alpha value is -0.660. The van der Waals surface area contributed by atoms with Crippen LogP contribution in [0.5, 0.6) is 0 Å². The van der Waals surface area contributed by atoms with Crippen LogP contribution in [0.25, 0.3) is 0 Å². The van der Waals surface area contributed by atoms with Crippen LogP contribution in [0.4, 0.5) is 0 Å². The third-order valence-corrected chi connectivity index (χ3v) is 5.11. The first-order valence-electron chi connectivity index (χ1n) is 5.64. The molecule has 1 N–H and O–H groups in total. The molecule has 1 rings (SSSR count). The first-order valence-corrected chi connectivity index (χ1v) is 7.25. The highest BCUT2D eigenvalue weighted by molar-refractivity contribution is 7.89. The smallest absolute Gasteiger partial charge is 0.243 e.